The maximum Gasteiger partial charge on any atom is 0.180 e. The fraction of sp³-hybridized carbons (Fsp3) is 0.213. The van der Waals surface area contributed by atoms with Crippen molar-refractivity contribution in [2.45, 2.75) is 87.0 Å². The summed E-state index contributed by atoms with van der Waals surface area (Å²) in [6.45, 7) is 17.2. The minimum Gasteiger partial charge on any atom is -0.0783 e. The Balaban J connectivity index is 1.55. The van der Waals surface area contributed by atoms with Crippen LogP contribution in [0.2, 0.25) is 0 Å². The van der Waals surface area contributed by atoms with E-state index in [0.717, 1.165) is 38.5 Å². The summed E-state index contributed by atoms with van der Waals surface area (Å²) in [4.78, 5) is 0. The van der Waals surface area contributed by atoms with Crippen LogP contribution in [-0.4, -0.2) is 24.2 Å². The molecule has 9 rings (SSSR count). The highest BCUT2D eigenvalue weighted by atomic mass is 28.3. The Morgan fingerprint density at radius 2 is 0.562 bits per heavy atom. The van der Waals surface area contributed by atoms with Gasteiger partial charge in [-0.1, -0.05) is 240 Å². The molecule has 0 aromatic heterocycles. The molecule has 0 bridgehead atoms. The lowest BCUT2D eigenvalue weighted by Crippen LogP contribution is -2.69. The molecule has 0 nitrogen and oxygen atoms in total. The lowest BCUT2D eigenvalue weighted by Gasteiger charge is -2.44. The van der Waals surface area contributed by atoms with Crippen LogP contribution in [0, 0.1) is 0 Å². The molecule has 6 aromatic carbocycles. The van der Waals surface area contributed by atoms with Crippen LogP contribution in [0.15, 0.2) is 247 Å². The molecule has 0 saturated carbocycles. The third kappa shape index (κ3) is 6.33. The van der Waals surface area contributed by atoms with Crippen LogP contribution >= 0.6 is 0 Å². The summed E-state index contributed by atoms with van der Waals surface area (Å²) >= 11 is 0. The third-order valence-corrected chi connectivity index (χ3v) is 30.4. The van der Waals surface area contributed by atoms with Crippen LogP contribution in [0.5, 0.6) is 0 Å². The molecule has 0 atom stereocenters. The highest BCUT2D eigenvalue weighted by Crippen LogP contribution is 2.57. The topological polar surface area (TPSA) is 0 Å². The van der Waals surface area contributed by atoms with Crippen molar-refractivity contribution >= 4 is 55.3 Å². The normalized spacial score (nSPS) is 17.8. The van der Waals surface area contributed by atoms with E-state index in [1.54, 1.807) is 59.4 Å². The summed E-state index contributed by atoms with van der Waals surface area (Å²) in [5.41, 5.74) is 12.4. The Morgan fingerprint density at radius 3 is 0.891 bits per heavy atom. The minimum atomic E-state index is -3.23. The molecule has 3 heteroatoms. The molecule has 64 heavy (non-hydrogen) atoms. The van der Waals surface area contributed by atoms with E-state index in [1.165, 1.54) is 31.1 Å². The van der Waals surface area contributed by atoms with Gasteiger partial charge in [-0.15, -0.1) is 0 Å². The zero-order chi connectivity index (χ0) is 44.5. The second-order valence-corrected chi connectivity index (χ2v) is 28.9. The molecule has 0 unspecified atom stereocenters. The molecule has 0 amide bonds. The van der Waals surface area contributed by atoms with E-state index in [-0.39, 0.29) is 0 Å². The van der Waals surface area contributed by atoms with Gasteiger partial charge in [0.15, 0.2) is 24.2 Å². The van der Waals surface area contributed by atoms with Gasteiger partial charge in [0.05, 0.1) is 0 Å². The molecule has 0 spiro atoms. The standard InChI is InChI=1S/C61H64Si3/c1-8-46-44-62(47-32-20-14-21-33-47,48-34-22-15-23-35-48)58(54(46)10-3)59-56(12-5)57(13-6)61(64(59,51-40-28-18-29-41-51)52-42-30-19-31-43-52)60-55(11-4)53(9-2)45(7)63(60,49-36-24-16-25-37-49)50-38-26-17-27-39-50/h14-44H,8-13H2,1-7H3. The summed E-state index contributed by atoms with van der Waals surface area (Å²) < 4.78 is 0. The maximum atomic E-state index is 2.85. The average Bonchev–Trinajstić information content (AvgIpc) is 3.96. The van der Waals surface area contributed by atoms with Gasteiger partial charge in [-0.25, -0.2) is 0 Å². The predicted molar refractivity (Wildman–Crippen MR) is 284 cm³/mol. The molecule has 6 aromatic rings. The summed E-state index contributed by atoms with van der Waals surface area (Å²) in [5, 5.41) is 17.4. The molecule has 3 heterocycles. The third-order valence-electron chi connectivity index (χ3n) is 15.2. The Hall–Kier alpha value is -5.59. The summed E-state index contributed by atoms with van der Waals surface area (Å²) in [6.07, 6.45) is 6.03. The monoisotopic (exact) mass is 880 g/mol. The quantitative estimate of drug-likeness (QED) is 0.0957. The lowest BCUT2D eigenvalue weighted by molar-refractivity contribution is 1.00. The Morgan fingerprint density at radius 1 is 0.281 bits per heavy atom. The molecule has 3 aliphatic heterocycles. The van der Waals surface area contributed by atoms with Crippen LogP contribution in [0.3, 0.4) is 0 Å². The summed E-state index contributed by atoms with van der Waals surface area (Å²) in [6, 6.07) is 71.3. The Labute approximate surface area is 387 Å². The van der Waals surface area contributed by atoms with Crippen LogP contribution < -0.4 is 31.1 Å². The average molecular weight is 881 g/mol. The predicted octanol–water partition coefficient (Wildman–Crippen LogP) is 11.9. The van der Waals surface area contributed by atoms with Gasteiger partial charge >= 0.3 is 0 Å². The molecule has 0 N–H and O–H groups in total. The van der Waals surface area contributed by atoms with Gasteiger partial charge < -0.3 is 0 Å². The zero-order valence-corrected chi connectivity index (χ0v) is 42.1. The number of allylic oxidation sites excluding steroid dienone is 11. The highest BCUT2D eigenvalue weighted by molar-refractivity contribution is 7.22. The van der Waals surface area contributed by atoms with Crippen molar-refractivity contribution in [3.05, 3.63) is 247 Å². The maximum absolute atomic E-state index is 3.23. The van der Waals surface area contributed by atoms with E-state index in [1.807, 2.05) is 0 Å². The minimum absolute atomic E-state index is 0.986. The van der Waals surface area contributed by atoms with Gasteiger partial charge in [-0.3, -0.25) is 0 Å². The van der Waals surface area contributed by atoms with Gasteiger partial charge in [0, 0.05) is 0 Å². The van der Waals surface area contributed by atoms with E-state index < -0.39 is 24.2 Å². The first kappa shape index (κ1) is 43.7. The first-order valence-corrected chi connectivity index (χ1v) is 30.2. The van der Waals surface area contributed by atoms with Crippen molar-refractivity contribution in [3.63, 3.8) is 0 Å². The van der Waals surface area contributed by atoms with E-state index in [0.29, 0.717) is 0 Å². The SMILES string of the molecule is CCC1=C[Si](c2ccccc2)(c2ccccc2)C(C2=C(CC)C(CC)=C(C3=C(CC)C(CC)=C(C)[Si]3(c3ccccc3)c3ccccc3)[Si]2(c2ccccc2)c2ccccc2)=C1CC. The molecule has 0 saturated heterocycles. The van der Waals surface area contributed by atoms with E-state index in [2.05, 4.69) is 236 Å². The van der Waals surface area contributed by atoms with Crippen molar-refractivity contribution < 1.29 is 0 Å². The first-order valence-electron chi connectivity index (χ1n) is 24.2. The summed E-state index contributed by atoms with van der Waals surface area (Å²) in [7, 11) is -8.96. The largest absolute Gasteiger partial charge is 0.180 e. The Bertz CT molecular complexity index is 2720. The second kappa shape index (κ2) is 18.1. The van der Waals surface area contributed by atoms with Crippen molar-refractivity contribution in [3.8, 4) is 0 Å². The molecule has 3 aliphatic rings. The van der Waals surface area contributed by atoms with E-state index in [9.17, 15) is 0 Å². The van der Waals surface area contributed by atoms with Crippen LogP contribution in [0.1, 0.15) is 87.0 Å². The fourth-order valence-electron chi connectivity index (χ4n) is 12.9. The van der Waals surface area contributed by atoms with Crippen molar-refractivity contribution in [2.24, 2.45) is 0 Å². The zero-order valence-electron chi connectivity index (χ0n) is 39.1. The van der Waals surface area contributed by atoms with Crippen molar-refractivity contribution in [1.29, 1.82) is 0 Å². The van der Waals surface area contributed by atoms with Gasteiger partial charge in [-0.2, -0.15) is 0 Å². The van der Waals surface area contributed by atoms with Crippen LogP contribution in [-0.2, 0) is 0 Å². The van der Waals surface area contributed by atoms with Crippen LogP contribution in [0.4, 0.5) is 0 Å². The molecular weight excluding hydrogens is 817 g/mol. The Kier molecular flexibility index (Phi) is 12.4. The number of hydrogen-bond acceptors (Lipinski definition) is 0. The summed E-state index contributed by atoms with van der Waals surface area (Å²) in [5.74, 6) is 0. The number of rotatable bonds is 14. The van der Waals surface area contributed by atoms with Crippen molar-refractivity contribution in [1.82, 2.24) is 0 Å². The van der Waals surface area contributed by atoms with Gasteiger partial charge in [0.25, 0.3) is 0 Å². The van der Waals surface area contributed by atoms with Crippen LogP contribution in [0.25, 0.3) is 0 Å². The smallest absolute Gasteiger partial charge is 0.0783 e. The molecule has 0 aliphatic carbocycles. The molecular formula is C61H64Si3. The molecule has 0 fully saturated rings. The lowest BCUT2D eigenvalue weighted by atomic mass is 9.95. The second-order valence-electron chi connectivity index (χ2n) is 17.8. The van der Waals surface area contributed by atoms with Gasteiger partial charge in [0.2, 0.25) is 0 Å². The fourth-order valence-corrected chi connectivity index (χ4v) is 31.6. The molecule has 320 valence electrons. The van der Waals surface area contributed by atoms with Gasteiger partial charge in [-0.05, 0) is 125 Å². The number of benzene rings is 6. The van der Waals surface area contributed by atoms with Gasteiger partial charge in [0.1, 0.15) is 0 Å². The van der Waals surface area contributed by atoms with Crippen molar-refractivity contribution in [2.75, 3.05) is 0 Å². The van der Waals surface area contributed by atoms with E-state index >= 15 is 0 Å². The number of hydrogen-bond donors (Lipinski definition) is 0. The first-order chi connectivity index (χ1) is 31.4. The highest BCUT2D eigenvalue weighted by Gasteiger charge is 2.62. The van der Waals surface area contributed by atoms with E-state index in [4.69, 9.17) is 0 Å². The molecule has 0 radical (unpaired) electrons.